The summed E-state index contributed by atoms with van der Waals surface area (Å²) < 4.78 is 0. The number of nitrogens with one attached hydrogen (secondary N) is 1. The van der Waals surface area contributed by atoms with Crippen LogP contribution in [0, 0.1) is 0 Å². The molecule has 1 aromatic carbocycles. The third-order valence-electron chi connectivity index (χ3n) is 1.80. The van der Waals surface area contributed by atoms with Crippen molar-refractivity contribution in [2.45, 2.75) is 0 Å². The molecule has 0 aliphatic heterocycles. The molecule has 0 aliphatic carbocycles. The molecule has 0 spiro atoms. The predicted molar refractivity (Wildman–Crippen MR) is 69.6 cm³/mol. The first-order chi connectivity index (χ1) is 8.06. The van der Waals surface area contributed by atoms with Crippen molar-refractivity contribution in [3.63, 3.8) is 0 Å². The zero-order valence-corrected chi connectivity index (χ0v) is 11.1. The van der Waals surface area contributed by atoms with Crippen LogP contribution in [0.4, 0.5) is 11.5 Å². The van der Waals surface area contributed by atoms with Gasteiger partial charge in [0.1, 0.15) is 0 Å². The Morgan fingerprint density at radius 1 is 1.00 bits per heavy atom. The Bertz CT molecular complexity index is 511. The molecule has 8 heteroatoms. The van der Waals surface area contributed by atoms with Crippen LogP contribution in [-0.2, 0) is 0 Å². The van der Waals surface area contributed by atoms with Crippen molar-refractivity contribution in [3.8, 4) is 0 Å². The van der Waals surface area contributed by atoms with E-state index in [1.54, 1.807) is 18.2 Å². The Labute approximate surface area is 117 Å². The average Bonchev–Trinajstić information content (AvgIpc) is 2.28. The number of hydrogen-bond donors (Lipinski definition) is 1. The molecule has 0 saturated carbocycles. The maximum atomic E-state index is 5.98. The summed E-state index contributed by atoms with van der Waals surface area (Å²) in [4.78, 5) is 3.89. The Kier molecular flexibility index (Phi) is 3.89. The van der Waals surface area contributed by atoms with Crippen LogP contribution in [0.2, 0.25) is 20.5 Å². The third-order valence-corrected chi connectivity index (χ3v) is 2.78. The molecular formula is C9H4Cl4N4. The summed E-state index contributed by atoms with van der Waals surface area (Å²) in [7, 11) is 0. The van der Waals surface area contributed by atoms with Crippen LogP contribution < -0.4 is 5.32 Å². The van der Waals surface area contributed by atoms with E-state index in [2.05, 4.69) is 20.5 Å². The lowest BCUT2D eigenvalue weighted by Crippen LogP contribution is -1.99. The summed E-state index contributed by atoms with van der Waals surface area (Å²) in [6.07, 6.45) is 0. The molecule has 0 saturated heterocycles. The molecule has 17 heavy (non-hydrogen) atoms. The molecule has 1 heterocycles. The summed E-state index contributed by atoms with van der Waals surface area (Å²) in [5, 5.41) is 11.1. The first-order valence-corrected chi connectivity index (χ1v) is 5.85. The number of hydrogen-bond acceptors (Lipinski definition) is 4. The van der Waals surface area contributed by atoms with Crippen molar-refractivity contribution >= 4 is 57.9 Å². The highest BCUT2D eigenvalue weighted by atomic mass is 35.5. The van der Waals surface area contributed by atoms with E-state index in [0.29, 0.717) is 15.7 Å². The van der Waals surface area contributed by atoms with Crippen molar-refractivity contribution in [3.05, 3.63) is 38.7 Å². The van der Waals surface area contributed by atoms with Gasteiger partial charge in [-0.15, -0.1) is 10.2 Å². The summed E-state index contributed by atoms with van der Waals surface area (Å²) in [5.41, 5.74) is 0.553. The number of rotatable bonds is 2. The molecule has 1 N–H and O–H groups in total. The fourth-order valence-electron chi connectivity index (χ4n) is 1.09. The van der Waals surface area contributed by atoms with Crippen LogP contribution in [-0.4, -0.2) is 15.2 Å². The molecule has 0 radical (unpaired) electrons. The topological polar surface area (TPSA) is 50.7 Å². The normalized spacial score (nSPS) is 10.4. The largest absolute Gasteiger partial charge is 0.336 e. The van der Waals surface area contributed by atoms with E-state index in [4.69, 9.17) is 46.4 Å². The Morgan fingerprint density at radius 3 is 2.53 bits per heavy atom. The molecule has 0 bridgehead atoms. The highest BCUT2D eigenvalue weighted by Gasteiger charge is 2.08. The van der Waals surface area contributed by atoms with Gasteiger partial charge in [0.05, 0.1) is 10.7 Å². The van der Waals surface area contributed by atoms with Crippen molar-refractivity contribution in [2.75, 3.05) is 5.32 Å². The molecule has 1 aromatic heterocycles. The highest BCUT2D eigenvalue weighted by molar-refractivity contribution is 6.36. The lowest BCUT2D eigenvalue weighted by Gasteiger charge is -2.08. The van der Waals surface area contributed by atoms with Crippen LogP contribution in [0.15, 0.2) is 18.2 Å². The van der Waals surface area contributed by atoms with Gasteiger partial charge in [-0.2, -0.15) is 4.98 Å². The van der Waals surface area contributed by atoms with Gasteiger partial charge in [0.25, 0.3) is 0 Å². The van der Waals surface area contributed by atoms with Gasteiger partial charge in [-0.25, -0.2) is 0 Å². The molecule has 88 valence electrons. The van der Waals surface area contributed by atoms with E-state index in [1.807, 2.05) is 0 Å². The number of anilines is 2. The molecule has 4 nitrogen and oxygen atoms in total. The molecule has 0 fully saturated rings. The van der Waals surface area contributed by atoms with Gasteiger partial charge in [-0.05, 0) is 29.8 Å². The minimum Gasteiger partial charge on any atom is -0.336 e. The number of aromatic nitrogens is 3. The predicted octanol–water partition coefficient (Wildman–Crippen LogP) is 4.23. The standard InChI is InChI=1S/C9H4Cl4N4/c10-4-1-2-5(11)6(3-4)14-8-7(12)16-17-9(13)15-8/h1-3H,(H,14,15,17). The van der Waals surface area contributed by atoms with Gasteiger partial charge in [0.15, 0.2) is 11.0 Å². The van der Waals surface area contributed by atoms with Gasteiger partial charge < -0.3 is 5.32 Å². The molecular weight excluding hydrogens is 306 g/mol. The summed E-state index contributed by atoms with van der Waals surface area (Å²) in [5.74, 6) is 0.260. The average molecular weight is 310 g/mol. The maximum Gasteiger partial charge on any atom is 0.245 e. The van der Waals surface area contributed by atoms with E-state index in [-0.39, 0.29) is 16.3 Å². The highest BCUT2D eigenvalue weighted by Crippen LogP contribution is 2.29. The minimum absolute atomic E-state index is 0.0185. The second-order valence-electron chi connectivity index (χ2n) is 2.97. The first-order valence-electron chi connectivity index (χ1n) is 4.34. The lowest BCUT2D eigenvalue weighted by molar-refractivity contribution is 0.975. The zero-order chi connectivity index (χ0) is 12.4. The number of halogens is 4. The van der Waals surface area contributed by atoms with Crippen molar-refractivity contribution in [1.82, 2.24) is 15.2 Å². The summed E-state index contributed by atoms with van der Waals surface area (Å²) in [6.45, 7) is 0. The fourth-order valence-corrected chi connectivity index (χ4v) is 1.68. The van der Waals surface area contributed by atoms with Crippen LogP contribution in [0.5, 0.6) is 0 Å². The van der Waals surface area contributed by atoms with Gasteiger partial charge in [0, 0.05) is 5.02 Å². The maximum absolute atomic E-state index is 5.98. The van der Waals surface area contributed by atoms with Crippen molar-refractivity contribution < 1.29 is 0 Å². The van der Waals surface area contributed by atoms with Crippen molar-refractivity contribution in [2.24, 2.45) is 0 Å². The van der Waals surface area contributed by atoms with Gasteiger partial charge in [-0.3, -0.25) is 0 Å². The van der Waals surface area contributed by atoms with Crippen LogP contribution in [0.1, 0.15) is 0 Å². The van der Waals surface area contributed by atoms with Gasteiger partial charge in [-0.1, -0.05) is 34.8 Å². The third kappa shape index (κ3) is 3.10. The monoisotopic (exact) mass is 308 g/mol. The van der Waals surface area contributed by atoms with E-state index in [1.165, 1.54) is 0 Å². The molecule has 0 amide bonds. The molecule has 2 aromatic rings. The van der Waals surface area contributed by atoms with Crippen LogP contribution >= 0.6 is 46.4 Å². The Balaban J connectivity index is 2.37. The summed E-state index contributed by atoms with van der Waals surface area (Å²) >= 11 is 23.2. The van der Waals surface area contributed by atoms with Crippen molar-refractivity contribution in [1.29, 1.82) is 0 Å². The molecule has 0 unspecified atom stereocenters. The Hall–Kier alpha value is -0.810. The van der Waals surface area contributed by atoms with E-state index in [9.17, 15) is 0 Å². The minimum atomic E-state index is -0.0185. The quantitative estimate of drug-likeness (QED) is 0.902. The van der Waals surface area contributed by atoms with E-state index >= 15 is 0 Å². The molecule has 0 aliphatic rings. The number of benzene rings is 1. The van der Waals surface area contributed by atoms with Gasteiger partial charge >= 0.3 is 0 Å². The van der Waals surface area contributed by atoms with Gasteiger partial charge in [0.2, 0.25) is 5.28 Å². The second-order valence-corrected chi connectivity index (χ2v) is 4.51. The second kappa shape index (κ2) is 5.23. The lowest BCUT2D eigenvalue weighted by atomic mass is 10.3. The van der Waals surface area contributed by atoms with Crippen LogP contribution in [0.25, 0.3) is 0 Å². The molecule has 0 atom stereocenters. The first kappa shape index (κ1) is 12.6. The smallest absolute Gasteiger partial charge is 0.245 e. The summed E-state index contributed by atoms with van der Waals surface area (Å²) in [6, 6.07) is 4.95. The van der Waals surface area contributed by atoms with E-state index < -0.39 is 0 Å². The number of nitrogens with zero attached hydrogens (tertiary/aromatic N) is 3. The molecule has 2 rings (SSSR count). The Morgan fingerprint density at radius 2 is 1.76 bits per heavy atom. The fraction of sp³-hybridized carbons (Fsp3) is 0. The van der Waals surface area contributed by atoms with Crippen LogP contribution in [0.3, 0.4) is 0 Å². The zero-order valence-electron chi connectivity index (χ0n) is 8.09. The van der Waals surface area contributed by atoms with E-state index in [0.717, 1.165) is 0 Å². The SMILES string of the molecule is Clc1ccc(Cl)c(Nc2nc(Cl)nnc2Cl)c1.